The molecule has 2 rings (SSSR count). The maximum absolute atomic E-state index is 11.6. The van der Waals surface area contributed by atoms with Gasteiger partial charge in [-0.1, -0.05) is 6.92 Å². The van der Waals surface area contributed by atoms with E-state index in [-0.39, 0.29) is 18.3 Å². The number of anilines is 2. The van der Waals surface area contributed by atoms with Crippen LogP contribution in [0.2, 0.25) is 0 Å². The van der Waals surface area contributed by atoms with Crippen LogP contribution in [0.3, 0.4) is 0 Å². The Morgan fingerprint density at radius 3 is 2.58 bits per heavy atom. The highest BCUT2D eigenvalue weighted by molar-refractivity contribution is 5.93. The lowest BCUT2D eigenvalue weighted by atomic mass is 10.3. The Labute approximate surface area is 140 Å². The molecular weight excluding hydrogens is 308 g/mol. The van der Waals surface area contributed by atoms with Crippen molar-refractivity contribution in [3.8, 4) is 23.4 Å². The summed E-state index contributed by atoms with van der Waals surface area (Å²) in [7, 11) is 0. The van der Waals surface area contributed by atoms with E-state index in [4.69, 9.17) is 20.5 Å². The second-order valence-electron chi connectivity index (χ2n) is 4.90. The van der Waals surface area contributed by atoms with Gasteiger partial charge in [-0.3, -0.25) is 4.79 Å². The lowest BCUT2D eigenvalue weighted by molar-refractivity contribution is -0.116. The van der Waals surface area contributed by atoms with Crippen molar-refractivity contribution >= 4 is 17.4 Å². The molecule has 1 aromatic heterocycles. The molecule has 0 saturated carbocycles. The van der Waals surface area contributed by atoms with Gasteiger partial charge in [-0.25, -0.2) is 0 Å². The van der Waals surface area contributed by atoms with Gasteiger partial charge in [-0.2, -0.15) is 10.2 Å². The number of hydrogen-bond acceptors (Lipinski definition) is 6. The molecule has 7 heteroatoms. The molecule has 2 aromatic rings. The molecule has 0 fully saturated rings. The van der Waals surface area contributed by atoms with Gasteiger partial charge in [0.15, 0.2) is 12.4 Å². The van der Waals surface area contributed by atoms with E-state index in [1.54, 1.807) is 36.4 Å². The zero-order chi connectivity index (χ0) is 17.4. The monoisotopic (exact) mass is 326 g/mol. The fraction of sp³-hybridized carbons (Fsp3) is 0.235. The molecular formula is C17H18N4O3. The van der Waals surface area contributed by atoms with E-state index in [0.717, 1.165) is 6.42 Å². The molecule has 1 amide bonds. The number of hydrogen-bond donors (Lipinski definition) is 2. The van der Waals surface area contributed by atoms with Crippen molar-refractivity contribution in [2.24, 2.45) is 0 Å². The summed E-state index contributed by atoms with van der Waals surface area (Å²) in [6, 6.07) is 11.9. The molecule has 0 aliphatic carbocycles. The number of amides is 1. The average molecular weight is 326 g/mol. The van der Waals surface area contributed by atoms with Gasteiger partial charge >= 0.3 is 0 Å². The molecule has 0 radical (unpaired) electrons. The number of nitrogen functional groups attached to an aromatic ring is 1. The summed E-state index contributed by atoms with van der Waals surface area (Å²) in [5.41, 5.74) is 6.30. The number of benzene rings is 1. The van der Waals surface area contributed by atoms with Crippen molar-refractivity contribution in [1.29, 1.82) is 5.26 Å². The van der Waals surface area contributed by atoms with Crippen molar-refractivity contribution in [2.45, 2.75) is 19.8 Å². The van der Waals surface area contributed by atoms with E-state index in [1.807, 2.05) is 13.0 Å². The van der Waals surface area contributed by atoms with E-state index < -0.39 is 0 Å². The standard InChI is InChI=1S/C17H18N4O3/c1-2-3-15(22)20-14-8-9-16(21-17(14)19)24-13-6-4-12(5-7-13)23-11-10-18/h4-9H,2-3,11H2,1H3,(H2,19,21)(H,20,22). The van der Waals surface area contributed by atoms with E-state index in [9.17, 15) is 4.79 Å². The molecule has 0 spiro atoms. The van der Waals surface area contributed by atoms with Gasteiger partial charge in [0.05, 0.1) is 5.69 Å². The van der Waals surface area contributed by atoms with Crippen LogP contribution < -0.4 is 20.5 Å². The fourth-order valence-corrected chi connectivity index (χ4v) is 1.90. The Hall–Kier alpha value is -3.27. The van der Waals surface area contributed by atoms with Crippen molar-refractivity contribution in [3.05, 3.63) is 36.4 Å². The van der Waals surface area contributed by atoms with Crippen LogP contribution in [0.15, 0.2) is 36.4 Å². The van der Waals surface area contributed by atoms with Gasteiger partial charge in [-0.15, -0.1) is 0 Å². The Balaban J connectivity index is 2.01. The van der Waals surface area contributed by atoms with Crippen molar-refractivity contribution in [2.75, 3.05) is 17.7 Å². The molecule has 0 aliphatic heterocycles. The molecule has 24 heavy (non-hydrogen) atoms. The number of pyridine rings is 1. The van der Waals surface area contributed by atoms with Crippen LogP contribution in [0.4, 0.5) is 11.5 Å². The molecule has 0 saturated heterocycles. The Kier molecular flexibility index (Phi) is 5.97. The fourth-order valence-electron chi connectivity index (χ4n) is 1.90. The van der Waals surface area contributed by atoms with Crippen LogP contribution in [-0.4, -0.2) is 17.5 Å². The highest BCUT2D eigenvalue weighted by atomic mass is 16.5. The van der Waals surface area contributed by atoms with Gasteiger partial charge in [0.25, 0.3) is 0 Å². The Bertz CT molecular complexity index is 738. The first-order chi connectivity index (χ1) is 11.6. The van der Waals surface area contributed by atoms with Gasteiger partial charge in [0.1, 0.15) is 17.6 Å². The third kappa shape index (κ3) is 4.88. The Morgan fingerprint density at radius 1 is 1.25 bits per heavy atom. The van der Waals surface area contributed by atoms with Crippen LogP contribution >= 0.6 is 0 Å². The number of ether oxygens (including phenoxy) is 2. The molecule has 1 aromatic carbocycles. The number of carbonyl (C=O) groups excluding carboxylic acids is 1. The summed E-state index contributed by atoms with van der Waals surface area (Å²) >= 11 is 0. The van der Waals surface area contributed by atoms with Crippen LogP contribution in [0.25, 0.3) is 0 Å². The first-order valence-corrected chi connectivity index (χ1v) is 7.46. The molecule has 124 valence electrons. The lowest BCUT2D eigenvalue weighted by Crippen LogP contribution is -2.12. The van der Waals surface area contributed by atoms with Crippen molar-refractivity contribution in [1.82, 2.24) is 4.98 Å². The molecule has 1 heterocycles. The smallest absolute Gasteiger partial charge is 0.224 e. The molecule has 0 aliphatic rings. The average Bonchev–Trinajstić information content (AvgIpc) is 2.57. The number of nitrogens with one attached hydrogen (secondary N) is 1. The third-order valence-corrected chi connectivity index (χ3v) is 3.00. The molecule has 7 nitrogen and oxygen atoms in total. The summed E-state index contributed by atoms with van der Waals surface area (Å²) in [6.07, 6.45) is 1.19. The summed E-state index contributed by atoms with van der Waals surface area (Å²) in [5, 5.41) is 11.2. The van der Waals surface area contributed by atoms with Crippen molar-refractivity contribution in [3.63, 3.8) is 0 Å². The van der Waals surface area contributed by atoms with E-state index in [1.165, 1.54) is 0 Å². The first kappa shape index (κ1) is 17.1. The van der Waals surface area contributed by atoms with Gasteiger partial charge in [-0.05, 0) is 36.8 Å². The summed E-state index contributed by atoms with van der Waals surface area (Å²) < 4.78 is 10.8. The van der Waals surface area contributed by atoms with E-state index in [0.29, 0.717) is 29.5 Å². The Morgan fingerprint density at radius 2 is 1.96 bits per heavy atom. The predicted molar refractivity (Wildman–Crippen MR) is 89.8 cm³/mol. The topological polar surface area (TPSA) is 110 Å². The maximum atomic E-state index is 11.6. The number of carbonyl (C=O) groups is 1. The molecule has 0 bridgehead atoms. The number of rotatable bonds is 7. The maximum Gasteiger partial charge on any atom is 0.224 e. The summed E-state index contributed by atoms with van der Waals surface area (Å²) in [5.74, 6) is 1.52. The number of nitrogens with zero attached hydrogens (tertiary/aromatic N) is 2. The molecule has 3 N–H and O–H groups in total. The highest BCUT2D eigenvalue weighted by Gasteiger charge is 2.08. The normalized spacial score (nSPS) is 9.83. The van der Waals surface area contributed by atoms with Gasteiger partial charge in [0, 0.05) is 12.5 Å². The van der Waals surface area contributed by atoms with Crippen LogP contribution in [0.1, 0.15) is 19.8 Å². The quantitative estimate of drug-likeness (QED) is 0.809. The van der Waals surface area contributed by atoms with E-state index in [2.05, 4.69) is 10.3 Å². The molecule has 0 unspecified atom stereocenters. The minimum absolute atomic E-state index is 0.0104. The molecule has 0 atom stereocenters. The first-order valence-electron chi connectivity index (χ1n) is 7.46. The summed E-state index contributed by atoms with van der Waals surface area (Å²) in [6.45, 7) is 1.91. The minimum Gasteiger partial charge on any atom is -0.479 e. The zero-order valence-electron chi connectivity index (χ0n) is 13.3. The SMILES string of the molecule is CCCC(=O)Nc1ccc(Oc2ccc(OCC#N)cc2)nc1N. The van der Waals surface area contributed by atoms with Crippen LogP contribution in [0, 0.1) is 11.3 Å². The van der Waals surface area contributed by atoms with Gasteiger partial charge in [0.2, 0.25) is 11.8 Å². The van der Waals surface area contributed by atoms with Gasteiger partial charge < -0.3 is 20.5 Å². The minimum atomic E-state index is -0.104. The van der Waals surface area contributed by atoms with E-state index >= 15 is 0 Å². The second-order valence-corrected chi connectivity index (χ2v) is 4.90. The number of aromatic nitrogens is 1. The summed E-state index contributed by atoms with van der Waals surface area (Å²) in [4.78, 5) is 15.7. The van der Waals surface area contributed by atoms with Crippen molar-refractivity contribution < 1.29 is 14.3 Å². The largest absolute Gasteiger partial charge is 0.479 e. The highest BCUT2D eigenvalue weighted by Crippen LogP contribution is 2.26. The zero-order valence-corrected chi connectivity index (χ0v) is 13.3. The number of nitrogens with two attached hydrogens (primary N) is 1. The predicted octanol–water partition coefficient (Wildman–Crippen LogP) is 3.10. The lowest BCUT2D eigenvalue weighted by Gasteiger charge is -2.10. The number of nitriles is 1. The van der Waals surface area contributed by atoms with Crippen LogP contribution in [-0.2, 0) is 4.79 Å². The third-order valence-electron chi connectivity index (χ3n) is 3.00. The second kappa shape index (κ2) is 8.39. The van der Waals surface area contributed by atoms with Crippen LogP contribution in [0.5, 0.6) is 17.4 Å².